The molecule has 1 rings (SSSR count). The van der Waals surface area contributed by atoms with Crippen LogP contribution in [0.3, 0.4) is 0 Å². The first kappa shape index (κ1) is 11.6. The molecule has 15 heavy (non-hydrogen) atoms. The molecule has 80 valence electrons. The molecule has 0 saturated carbocycles. The van der Waals surface area contributed by atoms with Crippen LogP contribution in [0.25, 0.3) is 18.2 Å². The zero-order chi connectivity index (χ0) is 11.3. The highest BCUT2D eigenvalue weighted by Gasteiger charge is 1.88. The minimum Gasteiger partial charge on any atom is -0.383 e. The highest BCUT2D eigenvalue weighted by molar-refractivity contribution is 5.50. The molecular formula is C14H19N. The minimum atomic E-state index is 1.24. The molecule has 0 bridgehead atoms. The molecule has 0 spiro atoms. The van der Waals surface area contributed by atoms with E-state index in [1.165, 1.54) is 16.0 Å². The van der Waals surface area contributed by atoms with Crippen LogP contribution in [0.15, 0.2) is 24.4 Å². The van der Waals surface area contributed by atoms with Crippen molar-refractivity contribution in [3.8, 4) is 0 Å². The summed E-state index contributed by atoms with van der Waals surface area (Å²) < 4.78 is 0. The largest absolute Gasteiger partial charge is 0.383 e. The molecule has 1 aromatic rings. The number of hydrogen-bond acceptors (Lipinski definition) is 1. The molecule has 1 aromatic carbocycles. The third kappa shape index (κ3) is 3.28. The average molecular weight is 201 g/mol. The van der Waals surface area contributed by atoms with Gasteiger partial charge in [-0.25, -0.2) is 0 Å². The van der Waals surface area contributed by atoms with Crippen LogP contribution in [0.1, 0.15) is 19.4 Å². The fourth-order valence-electron chi connectivity index (χ4n) is 1.44. The van der Waals surface area contributed by atoms with E-state index in [9.17, 15) is 0 Å². The van der Waals surface area contributed by atoms with E-state index in [-0.39, 0.29) is 0 Å². The van der Waals surface area contributed by atoms with Gasteiger partial charge in [0.25, 0.3) is 0 Å². The van der Waals surface area contributed by atoms with Gasteiger partial charge in [0.1, 0.15) is 0 Å². The molecule has 0 aromatic heterocycles. The van der Waals surface area contributed by atoms with Crippen LogP contribution in [-0.4, -0.2) is 19.0 Å². The van der Waals surface area contributed by atoms with E-state index in [2.05, 4.69) is 56.5 Å². The summed E-state index contributed by atoms with van der Waals surface area (Å²) >= 11 is 0. The number of rotatable bonds is 2. The summed E-state index contributed by atoms with van der Waals surface area (Å²) in [6.45, 7) is 4.14. The van der Waals surface area contributed by atoms with Gasteiger partial charge in [0, 0.05) is 14.1 Å². The number of benzene rings is 1. The SMILES string of the molecule is C/C=c1/ccc(/C=C/N(C)C)c/c1=C/C. The van der Waals surface area contributed by atoms with E-state index >= 15 is 0 Å². The van der Waals surface area contributed by atoms with Crippen molar-refractivity contribution in [3.05, 3.63) is 40.4 Å². The van der Waals surface area contributed by atoms with Gasteiger partial charge in [-0.1, -0.05) is 24.3 Å². The second-order valence-electron chi connectivity index (χ2n) is 3.75. The standard InChI is InChI=1S/C14H19N/c1-5-13-8-7-12(9-10-15(3)4)11-14(13)6-2/h5-11H,1-4H3/b10-9+,13-5-,14-6-. The van der Waals surface area contributed by atoms with Crippen molar-refractivity contribution in [1.82, 2.24) is 4.90 Å². The number of hydrogen-bond donors (Lipinski definition) is 0. The topological polar surface area (TPSA) is 3.24 Å². The molecule has 0 fully saturated rings. The summed E-state index contributed by atoms with van der Waals surface area (Å²) in [4.78, 5) is 2.04. The predicted molar refractivity (Wildman–Crippen MR) is 68.7 cm³/mol. The Kier molecular flexibility index (Phi) is 4.17. The second kappa shape index (κ2) is 5.40. The van der Waals surface area contributed by atoms with Crippen LogP contribution in [0.5, 0.6) is 0 Å². The van der Waals surface area contributed by atoms with Crippen LogP contribution < -0.4 is 10.4 Å². The van der Waals surface area contributed by atoms with Crippen molar-refractivity contribution in [3.63, 3.8) is 0 Å². The summed E-state index contributed by atoms with van der Waals surface area (Å²) in [7, 11) is 4.05. The van der Waals surface area contributed by atoms with E-state index in [1.807, 2.05) is 19.0 Å². The van der Waals surface area contributed by atoms with E-state index in [4.69, 9.17) is 0 Å². The summed E-state index contributed by atoms with van der Waals surface area (Å²) in [5, 5.41) is 2.58. The Balaban J connectivity index is 3.16. The van der Waals surface area contributed by atoms with Crippen molar-refractivity contribution in [1.29, 1.82) is 0 Å². The van der Waals surface area contributed by atoms with Gasteiger partial charge < -0.3 is 4.90 Å². The molecule has 0 atom stereocenters. The lowest BCUT2D eigenvalue weighted by Gasteiger charge is -2.03. The summed E-state index contributed by atoms with van der Waals surface area (Å²) in [6, 6.07) is 6.50. The Labute approximate surface area is 92.0 Å². The normalized spacial score (nSPS) is 13.9. The van der Waals surface area contributed by atoms with Gasteiger partial charge in [0.15, 0.2) is 0 Å². The lowest BCUT2D eigenvalue weighted by atomic mass is 10.1. The molecule has 0 aliphatic rings. The molecule has 0 N–H and O–H groups in total. The Morgan fingerprint density at radius 1 is 1.00 bits per heavy atom. The van der Waals surface area contributed by atoms with E-state index < -0.39 is 0 Å². The van der Waals surface area contributed by atoms with Crippen LogP contribution in [0, 0.1) is 0 Å². The second-order valence-corrected chi connectivity index (χ2v) is 3.75. The van der Waals surface area contributed by atoms with E-state index in [0.717, 1.165) is 0 Å². The summed E-state index contributed by atoms with van der Waals surface area (Å²) in [5.74, 6) is 0. The van der Waals surface area contributed by atoms with Crippen molar-refractivity contribution >= 4 is 18.2 Å². The highest BCUT2D eigenvalue weighted by Crippen LogP contribution is 1.96. The maximum absolute atomic E-state index is 2.20. The first-order chi connectivity index (χ1) is 7.17. The maximum atomic E-state index is 2.20. The predicted octanol–water partition coefficient (Wildman–Crippen LogP) is 1.82. The van der Waals surface area contributed by atoms with Gasteiger partial charge in [-0.15, -0.1) is 0 Å². The van der Waals surface area contributed by atoms with Gasteiger partial charge in [-0.05, 0) is 48.2 Å². The third-order valence-corrected chi connectivity index (χ3v) is 2.30. The molecule has 1 heteroatoms. The van der Waals surface area contributed by atoms with Crippen molar-refractivity contribution in [2.75, 3.05) is 14.1 Å². The molecule has 0 amide bonds. The van der Waals surface area contributed by atoms with Crippen LogP contribution in [-0.2, 0) is 0 Å². The minimum absolute atomic E-state index is 1.24. The van der Waals surface area contributed by atoms with Crippen LogP contribution in [0.4, 0.5) is 0 Å². The van der Waals surface area contributed by atoms with E-state index in [0.29, 0.717) is 0 Å². The van der Waals surface area contributed by atoms with Crippen molar-refractivity contribution < 1.29 is 0 Å². The van der Waals surface area contributed by atoms with Crippen molar-refractivity contribution in [2.24, 2.45) is 0 Å². The summed E-state index contributed by atoms with van der Waals surface area (Å²) in [5.41, 5.74) is 1.24. The Morgan fingerprint density at radius 3 is 2.20 bits per heavy atom. The van der Waals surface area contributed by atoms with Crippen LogP contribution >= 0.6 is 0 Å². The monoisotopic (exact) mass is 201 g/mol. The van der Waals surface area contributed by atoms with Gasteiger partial charge in [-0.2, -0.15) is 0 Å². The molecule has 0 aliphatic carbocycles. The molecular weight excluding hydrogens is 182 g/mol. The molecule has 0 unspecified atom stereocenters. The van der Waals surface area contributed by atoms with Crippen LogP contribution in [0.2, 0.25) is 0 Å². The van der Waals surface area contributed by atoms with Gasteiger partial charge in [0.05, 0.1) is 0 Å². The highest BCUT2D eigenvalue weighted by atomic mass is 15.0. The zero-order valence-corrected chi connectivity index (χ0v) is 9.99. The number of nitrogens with zero attached hydrogens (tertiary/aromatic N) is 1. The maximum Gasteiger partial charge on any atom is 0.00556 e. The van der Waals surface area contributed by atoms with Gasteiger partial charge >= 0.3 is 0 Å². The molecule has 0 aliphatic heterocycles. The smallest absolute Gasteiger partial charge is 0.00556 e. The Hall–Kier alpha value is -1.50. The third-order valence-electron chi connectivity index (χ3n) is 2.30. The van der Waals surface area contributed by atoms with E-state index in [1.54, 1.807) is 0 Å². The Morgan fingerprint density at radius 2 is 1.67 bits per heavy atom. The quantitative estimate of drug-likeness (QED) is 0.705. The van der Waals surface area contributed by atoms with Gasteiger partial charge in [0.2, 0.25) is 0 Å². The molecule has 0 saturated heterocycles. The molecule has 0 radical (unpaired) electrons. The first-order valence-electron chi connectivity index (χ1n) is 5.24. The Bertz CT molecular complexity index is 453. The van der Waals surface area contributed by atoms with Crippen molar-refractivity contribution in [2.45, 2.75) is 13.8 Å². The average Bonchev–Trinajstić information content (AvgIpc) is 2.25. The van der Waals surface area contributed by atoms with Gasteiger partial charge in [-0.3, -0.25) is 0 Å². The molecule has 0 heterocycles. The molecule has 1 nitrogen and oxygen atoms in total. The zero-order valence-electron chi connectivity index (χ0n) is 9.99. The fraction of sp³-hybridized carbons (Fsp3) is 0.286. The summed E-state index contributed by atoms with van der Waals surface area (Å²) in [6.07, 6.45) is 8.45. The fourth-order valence-corrected chi connectivity index (χ4v) is 1.44. The first-order valence-corrected chi connectivity index (χ1v) is 5.24. The lowest BCUT2D eigenvalue weighted by molar-refractivity contribution is 0.567. The lowest BCUT2D eigenvalue weighted by Crippen LogP contribution is -2.23.